The summed E-state index contributed by atoms with van der Waals surface area (Å²) < 4.78 is 5.31. The van der Waals surface area contributed by atoms with Crippen molar-refractivity contribution in [2.45, 2.75) is 97.4 Å². The molecule has 3 atom stereocenters. The number of para-hydroxylation sites is 2. The van der Waals surface area contributed by atoms with Gasteiger partial charge in [-0.3, -0.25) is 0 Å². The van der Waals surface area contributed by atoms with Crippen LogP contribution in [0.5, 0.6) is 0 Å². The van der Waals surface area contributed by atoms with E-state index < -0.39 is 0 Å². The number of fused-ring (bicyclic) bond motifs is 12. The molecule has 0 saturated carbocycles. The van der Waals surface area contributed by atoms with E-state index in [1.54, 1.807) is 5.57 Å². The Morgan fingerprint density at radius 2 is 1.16 bits per heavy atom. The molecule has 0 radical (unpaired) electrons. The Balaban J connectivity index is 0.906. The van der Waals surface area contributed by atoms with Gasteiger partial charge < -0.3 is 18.6 Å². The fourth-order valence-corrected chi connectivity index (χ4v) is 16.2. The standard InChI is InChI=1S/C82H70N4/c1-51-33-37-59(55-21-9-5-10-22-55)45-73(51)83(74-46-60(38-34-52(74)2)56-23-11-6-12-24-56)71-43-41-63-67-49-78-68(50-77(67)85-69-31-19-17-29-65(69)79(71)81(63)85)64-42-44-72(80-66-30-18-20-32-70(66)86(78)82(64)80)84(75-47-61(39-35-53(75)3)57-25-13-7-14-26-57)76-48-62(40-36-54(76)4)58-27-15-8-16-28-58/h5-13,15,17-25,27,29-37,39,42,44-46,48-50,60,62,75H,14,16,26,28,38,40-41,43,47H2,1-4H3/t60-,62?,75?/m0/s1. The zero-order valence-corrected chi connectivity index (χ0v) is 49.7. The number of hydrogen-bond acceptors (Lipinski definition) is 2. The van der Waals surface area contributed by atoms with E-state index in [2.05, 4.69) is 271 Å². The van der Waals surface area contributed by atoms with Gasteiger partial charge in [0.15, 0.2) is 0 Å². The summed E-state index contributed by atoms with van der Waals surface area (Å²) in [6.45, 7) is 9.38. The highest BCUT2D eigenvalue weighted by Crippen LogP contribution is 2.51. The summed E-state index contributed by atoms with van der Waals surface area (Å²) in [4.78, 5) is 5.49. The van der Waals surface area contributed by atoms with Crippen LogP contribution >= 0.6 is 0 Å². The van der Waals surface area contributed by atoms with Crippen molar-refractivity contribution in [3.8, 4) is 11.1 Å². The van der Waals surface area contributed by atoms with E-state index in [9.17, 15) is 0 Å². The zero-order chi connectivity index (χ0) is 57.3. The maximum absolute atomic E-state index is 2.80. The molecular formula is C82H70N4. The van der Waals surface area contributed by atoms with Crippen molar-refractivity contribution < 1.29 is 0 Å². The van der Waals surface area contributed by atoms with Gasteiger partial charge in [0.1, 0.15) is 0 Å². The summed E-state index contributed by atoms with van der Waals surface area (Å²) in [5, 5.41) is 9.30. The molecule has 0 saturated heterocycles. The summed E-state index contributed by atoms with van der Waals surface area (Å²) in [6, 6.07) is 58.0. The molecule has 6 aliphatic carbocycles. The van der Waals surface area contributed by atoms with Crippen LogP contribution in [0.1, 0.15) is 94.7 Å². The number of hydrogen-bond donors (Lipinski definition) is 0. The number of aromatic nitrogens is 2. The van der Waals surface area contributed by atoms with E-state index in [0.29, 0.717) is 5.92 Å². The minimum atomic E-state index is 0.143. The second-order valence-corrected chi connectivity index (χ2v) is 25.3. The van der Waals surface area contributed by atoms with Gasteiger partial charge in [-0.1, -0.05) is 199 Å². The largest absolute Gasteiger partial charge is 0.333 e. The van der Waals surface area contributed by atoms with Crippen LogP contribution in [0.4, 0.5) is 11.4 Å². The van der Waals surface area contributed by atoms with E-state index in [1.165, 1.54) is 155 Å². The van der Waals surface area contributed by atoms with Crippen LogP contribution in [0.15, 0.2) is 269 Å². The number of nitrogens with zero attached hydrogens (tertiary/aromatic N) is 4. The Labute approximate surface area is 504 Å². The van der Waals surface area contributed by atoms with E-state index in [-0.39, 0.29) is 12.0 Å². The lowest BCUT2D eigenvalue weighted by Gasteiger charge is -2.41. The highest BCUT2D eigenvalue weighted by molar-refractivity contribution is 6.28. The average Bonchev–Trinajstić information content (AvgIpc) is 1.54. The van der Waals surface area contributed by atoms with Crippen LogP contribution in [0, 0.1) is 12.8 Å². The lowest BCUT2D eigenvalue weighted by molar-refractivity contribution is 0.660. The number of allylic oxidation sites excluding steroid dienone is 16. The summed E-state index contributed by atoms with van der Waals surface area (Å²) in [5.74, 6) is 0.632. The van der Waals surface area contributed by atoms with Gasteiger partial charge in [-0.25, -0.2) is 0 Å². The summed E-state index contributed by atoms with van der Waals surface area (Å²) >= 11 is 0. The second kappa shape index (κ2) is 20.1. The van der Waals surface area contributed by atoms with E-state index in [0.717, 1.165) is 57.8 Å². The van der Waals surface area contributed by atoms with Crippen LogP contribution in [0.25, 0.3) is 82.2 Å². The predicted octanol–water partition coefficient (Wildman–Crippen LogP) is 20.5. The third-order valence-corrected chi connectivity index (χ3v) is 20.5. The molecule has 7 aromatic carbocycles. The van der Waals surface area contributed by atoms with Crippen molar-refractivity contribution in [3.63, 3.8) is 0 Å². The zero-order valence-electron chi connectivity index (χ0n) is 49.7. The molecular weight excluding hydrogens is 1040 g/mol. The lowest BCUT2D eigenvalue weighted by atomic mass is 9.82. The smallest absolute Gasteiger partial charge is 0.0641 e. The third kappa shape index (κ3) is 7.87. The van der Waals surface area contributed by atoms with Gasteiger partial charge in [0.05, 0.1) is 44.8 Å². The van der Waals surface area contributed by atoms with E-state index >= 15 is 0 Å². The van der Waals surface area contributed by atoms with Gasteiger partial charge in [-0.15, -0.1) is 0 Å². The topological polar surface area (TPSA) is 15.3 Å². The molecule has 0 N–H and O–H groups in total. The van der Waals surface area contributed by atoms with Gasteiger partial charge in [0.25, 0.3) is 0 Å². The van der Waals surface area contributed by atoms with Crippen LogP contribution in [0.3, 0.4) is 0 Å². The van der Waals surface area contributed by atoms with Gasteiger partial charge in [-0.2, -0.15) is 0 Å². The fourth-order valence-electron chi connectivity index (χ4n) is 16.2. The Bertz CT molecular complexity index is 5070. The number of aryl methyl sites for hydroxylation is 2. The first-order valence-electron chi connectivity index (χ1n) is 31.6. The molecule has 2 unspecified atom stereocenters. The second-order valence-electron chi connectivity index (χ2n) is 25.3. The molecule has 4 heterocycles. The SMILES string of the molecule is CC1=CC[C@H](c2ccccc2)C=C1N(C1=c2c3ccccc3n3c2c(c2cc4c(cc23)c2ccc(N(C3=CC(C5=CC=CCC5)CC=C3C)C3CC(C5=CC=CCC5)=CC=C3C)c3c5ccccc5n4c23)CC1)c1cc(-c2ccccc2)ccc1C. The van der Waals surface area contributed by atoms with Crippen molar-refractivity contribution in [2.75, 3.05) is 9.80 Å². The quantitative estimate of drug-likeness (QED) is 0.136. The summed E-state index contributed by atoms with van der Waals surface area (Å²) in [6.07, 6.45) is 38.3. The van der Waals surface area contributed by atoms with Crippen LogP contribution < -0.4 is 15.0 Å². The van der Waals surface area contributed by atoms with Crippen molar-refractivity contribution in [1.29, 1.82) is 0 Å². The minimum Gasteiger partial charge on any atom is -0.333 e. The van der Waals surface area contributed by atoms with Crippen molar-refractivity contribution in [2.24, 2.45) is 5.92 Å². The molecule has 0 bridgehead atoms. The van der Waals surface area contributed by atoms with Crippen LogP contribution in [-0.4, -0.2) is 14.8 Å². The minimum absolute atomic E-state index is 0.143. The molecule has 0 aliphatic heterocycles. The van der Waals surface area contributed by atoms with Crippen molar-refractivity contribution in [3.05, 3.63) is 291 Å². The average molecular weight is 1110 g/mol. The molecule has 86 heavy (non-hydrogen) atoms. The molecule has 17 rings (SSSR count). The third-order valence-electron chi connectivity index (χ3n) is 20.5. The van der Waals surface area contributed by atoms with Crippen LogP contribution in [-0.2, 0) is 6.42 Å². The molecule has 4 nitrogen and oxygen atoms in total. The molecule has 0 fully saturated rings. The van der Waals surface area contributed by atoms with E-state index in [4.69, 9.17) is 0 Å². The number of rotatable bonds is 10. The highest BCUT2D eigenvalue weighted by atomic mass is 15.2. The summed E-state index contributed by atoms with van der Waals surface area (Å²) in [7, 11) is 0. The molecule has 4 aromatic heterocycles. The Kier molecular flexibility index (Phi) is 12.0. The Hall–Kier alpha value is -9.38. The summed E-state index contributed by atoms with van der Waals surface area (Å²) in [5.41, 5.74) is 29.4. The van der Waals surface area contributed by atoms with Gasteiger partial charge in [0, 0.05) is 72.2 Å². The molecule has 0 amide bonds. The van der Waals surface area contributed by atoms with Gasteiger partial charge in [-0.05, 0) is 172 Å². The van der Waals surface area contributed by atoms with Crippen molar-refractivity contribution in [1.82, 2.24) is 8.80 Å². The number of anilines is 2. The Morgan fingerprint density at radius 1 is 0.477 bits per heavy atom. The monoisotopic (exact) mass is 1110 g/mol. The predicted molar refractivity (Wildman–Crippen MR) is 364 cm³/mol. The lowest BCUT2D eigenvalue weighted by Crippen LogP contribution is -2.38. The van der Waals surface area contributed by atoms with Crippen molar-refractivity contribution >= 4 is 82.5 Å². The van der Waals surface area contributed by atoms with Gasteiger partial charge in [0.2, 0.25) is 0 Å². The molecule has 11 aromatic rings. The molecule has 4 heteroatoms. The normalized spacial score (nSPS) is 19.8. The van der Waals surface area contributed by atoms with Gasteiger partial charge >= 0.3 is 0 Å². The maximum atomic E-state index is 2.80. The first-order valence-corrected chi connectivity index (χ1v) is 31.6. The first-order chi connectivity index (χ1) is 42.3. The molecule has 0 spiro atoms. The van der Waals surface area contributed by atoms with Crippen LogP contribution in [0.2, 0.25) is 0 Å². The maximum Gasteiger partial charge on any atom is 0.0641 e. The molecule has 6 aliphatic rings. The van der Waals surface area contributed by atoms with E-state index in [1.807, 2.05) is 0 Å². The Morgan fingerprint density at radius 3 is 1.95 bits per heavy atom. The fraction of sp³-hybridized carbons (Fsp3) is 0.195. The molecule has 418 valence electrons. The first kappa shape index (κ1) is 51.1. The number of benzene rings is 7. The highest BCUT2D eigenvalue weighted by Gasteiger charge is 2.36.